The van der Waals surface area contributed by atoms with E-state index in [1.165, 1.54) is 5.56 Å². The Hall–Kier alpha value is -2.59. The third-order valence-corrected chi connectivity index (χ3v) is 4.71. The van der Waals surface area contributed by atoms with Gasteiger partial charge in [-0.2, -0.15) is 5.10 Å². The maximum atomic E-state index is 6.20. The Morgan fingerprint density at radius 3 is 2.46 bits per heavy atom. The van der Waals surface area contributed by atoms with Gasteiger partial charge in [-0.15, -0.1) is 0 Å². The van der Waals surface area contributed by atoms with Gasteiger partial charge in [-0.25, -0.2) is 0 Å². The topological polar surface area (TPSA) is 47.1 Å². The lowest BCUT2D eigenvalue weighted by atomic mass is 10.1. The molecule has 0 bridgehead atoms. The highest BCUT2D eigenvalue weighted by Gasteiger charge is 2.27. The van der Waals surface area contributed by atoms with Gasteiger partial charge in [0.15, 0.2) is 0 Å². The van der Waals surface area contributed by atoms with E-state index in [9.17, 15) is 0 Å². The van der Waals surface area contributed by atoms with Gasteiger partial charge in [0, 0.05) is 25.2 Å². The molecule has 1 saturated heterocycles. The van der Waals surface area contributed by atoms with Gasteiger partial charge in [0.25, 0.3) is 0 Å². The van der Waals surface area contributed by atoms with Gasteiger partial charge in [0.1, 0.15) is 0 Å². The molecule has 0 radical (unpaired) electrons. The molecule has 4 rings (SSSR count). The molecule has 4 heteroatoms. The zero-order valence-corrected chi connectivity index (χ0v) is 13.7. The summed E-state index contributed by atoms with van der Waals surface area (Å²) in [5, 5.41) is 4.58. The smallest absolute Gasteiger partial charge is 0.0915 e. The van der Waals surface area contributed by atoms with Crippen LogP contribution in [0.5, 0.6) is 0 Å². The second kappa shape index (κ2) is 6.49. The minimum absolute atomic E-state index is 0.376. The SMILES string of the molecule is Nc1cnn(C2CCN(Cc3ccccc3)C2)c1-c1ccccc1. The van der Waals surface area contributed by atoms with Crippen LogP contribution >= 0.6 is 0 Å². The molecule has 122 valence electrons. The van der Waals surface area contributed by atoms with Crippen molar-refractivity contribution < 1.29 is 0 Å². The molecule has 1 unspecified atom stereocenters. The Labute approximate surface area is 142 Å². The molecule has 2 aromatic carbocycles. The third-order valence-electron chi connectivity index (χ3n) is 4.71. The molecular weight excluding hydrogens is 296 g/mol. The van der Waals surface area contributed by atoms with Gasteiger partial charge in [-0.1, -0.05) is 60.7 Å². The van der Waals surface area contributed by atoms with Crippen LogP contribution in [0.3, 0.4) is 0 Å². The van der Waals surface area contributed by atoms with Crippen LogP contribution in [0.4, 0.5) is 5.69 Å². The first kappa shape index (κ1) is 15.0. The lowest BCUT2D eigenvalue weighted by molar-refractivity contribution is 0.312. The van der Waals surface area contributed by atoms with E-state index in [-0.39, 0.29) is 0 Å². The van der Waals surface area contributed by atoms with E-state index in [4.69, 9.17) is 5.73 Å². The predicted molar refractivity (Wildman–Crippen MR) is 97.4 cm³/mol. The second-order valence-corrected chi connectivity index (χ2v) is 6.42. The summed E-state index contributed by atoms with van der Waals surface area (Å²) < 4.78 is 2.12. The summed E-state index contributed by atoms with van der Waals surface area (Å²) in [6, 6.07) is 21.3. The van der Waals surface area contributed by atoms with E-state index >= 15 is 0 Å². The van der Waals surface area contributed by atoms with Crippen molar-refractivity contribution in [2.45, 2.75) is 19.0 Å². The monoisotopic (exact) mass is 318 g/mol. The third kappa shape index (κ3) is 2.93. The number of nitrogen functional groups attached to an aromatic ring is 1. The number of hydrogen-bond acceptors (Lipinski definition) is 3. The molecule has 0 aliphatic carbocycles. The fourth-order valence-electron chi connectivity index (χ4n) is 3.54. The molecular formula is C20H22N4. The normalized spacial score (nSPS) is 18.1. The van der Waals surface area contributed by atoms with Crippen molar-refractivity contribution >= 4 is 5.69 Å². The number of rotatable bonds is 4. The zero-order valence-electron chi connectivity index (χ0n) is 13.7. The number of benzene rings is 2. The molecule has 0 amide bonds. The van der Waals surface area contributed by atoms with Crippen molar-refractivity contribution in [3.63, 3.8) is 0 Å². The summed E-state index contributed by atoms with van der Waals surface area (Å²) in [4.78, 5) is 2.49. The van der Waals surface area contributed by atoms with Crippen molar-refractivity contribution in [3.05, 3.63) is 72.4 Å². The van der Waals surface area contributed by atoms with Crippen LogP contribution in [0.1, 0.15) is 18.0 Å². The quantitative estimate of drug-likeness (QED) is 0.800. The molecule has 2 heterocycles. The predicted octanol–water partition coefficient (Wildman–Crippen LogP) is 3.58. The Bertz CT molecular complexity index is 795. The van der Waals surface area contributed by atoms with Crippen LogP contribution in [-0.4, -0.2) is 27.8 Å². The Morgan fingerprint density at radius 2 is 1.71 bits per heavy atom. The average Bonchev–Trinajstić information content (AvgIpc) is 3.23. The lowest BCUT2D eigenvalue weighted by Crippen LogP contribution is -2.21. The number of nitrogens with two attached hydrogens (primary N) is 1. The molecule has 1 aliphatic heterocycles. The van der Waals surface area contributed by atoms with Gasteiger partial charge < -0.3 is 5.73 Å². The van der Waals surface area contributed by atoms with Crippen LogP contribution in [0.25, 0.3) is 11.3 Å². The number of nitrogens with zero attached hydrogens (tertiary/aromatic N) is 3. The van der Waals surface area contributed by atoms with Crippen LogP contribution in [-0.2, 0) is 6.54 Å². The number of hydrogen-bond donors (Lipinski definition) is 1. The molecule has 1 atom stereocenters. The summed E-state index contributed by atoms with van der Waals surface area (Å²) in [7, 11) is 0. The lowest BCUT2D eigenvalue weighted by Gasteiger charge is -2.18. The number of likely N-dealkylation sites (tertiary alicyclic amines) is 1. The molecule has 1 fully saturated rings. The summed E-state index contributed by atoms with van der Waals surface area (Å²) in [6.45, 7) is 3.10. The number of aromatic nitrogens is 2. The zero-order chi connectivity index (χ0) is 16.4. The van der Waals surface area contributed by atoms with Crippen molar-refractivity contribution in [2.75, 3.05) is 18.8 Å². The van der Waals surface area contributed by atoms with E-state index in [2.05, 4.69) is 57.1 Å². The minimum atomic E-state index is 0.376. The minimum Gasteiger partial charge on any atom is -0.396 e. The molecule has 0 saturated carbocycles. The van der Waals surface area contributed by atoms with Gasteiger partial charge in [0.05, 0.1) is 23.6 Å². The first-order valence-electron chi connectivity index (χ1n) is 8.46. The van der Waals surface area contributed by atoms with E-state index in [1.807, 2.05) is 18.2 Å². The second-order valence-electron chi connectivity index (χ2n) is 6.42. The largest absolute Gasteiger partial charge is 0.396 e. The summed E-state index contributed by atoms with van der Waals surface area (Å²) in [5.74, 6) is 0. The Kier molecular flexibility index (Phi) is 4.05. The van der Waals surface area contributed by atoms with Crippen molar-refractivity contribution in [1.82, 2.24) is 14.7 Å². The van der Waals surface area contributed by atoms with Gasteiger partial charge in [-0.3, -0.25) is 9.58 Å². The van der Waals surface area contributed by atoms with E-state index in [0.29, 0.717) is 6.04 Å². The molecule has 24 heavy (non-hydrogen) atoms. The van der Waals surface area contributed by atoms with Gasteiger partial charge >= 0.3 is 0 Å². The van der Waals surface area contributed by atoms with Gasteiger partial charge in [0.2, 0.25) is 0 Å². The first-order chi connectivity index (χ1) is 11.8. The fourth-order valence-corrected chi connectivity index (χ4v) is 3.54. The highest BCUT2D eigenvalue weighted by molar-refractivity contribution is 5.72. The average molecular weight is 318 g/mol. The molecule has 1 aromatic heterocycles. The first-order valence-corrected chi connectivity index (χ1v) is 8.46. The van der Waals surface area contributed by atoms with Crippen LogP contribution < -0.4 is 5.73 Å². The van der Waals surface area contributed by atoms with E-state index in [1.54, 1.807) is 6.20 Å². The molecule has 1 aliphatic rings. The van der Waals surface area contributed by atoms with E-state index < -0.39 is 0 Å². The van der Waals surface area contributed by atoms with E-state index in [0.717, 1.165) is 43.0 Å². The summed E-state index contributed by atoms with van der Waals surface area (Å²) in [6.07, 6.45) is 2.88. The van der Waals surface area contributed by atoms with Crippen LogP contribution in [0.2, 0.25) is 0 Å². The van der Waals surface area contributed by atoms with Crippen LogP contribution in [0.15, 0.2) is 66.9 Å². The van der Waals surface area contributed by atoms with Gasteiger partial charge in [-0.05, 0) is 12.0 Å². The number of anilines is 1. The maximum Gasteiger partial charge on any atom is 0.0915 e. The molecule has 0 spiro atoms. The standard InChI is InChI=1S/C20H22N4/c21-19-13-22-24(20(19)17-9-5-2-6-10-17)18-11-12-23(15-18)14-16-7-3-1-4-8-16/h1-10,13,18H,11-12,14-15,21H2. The molecule has 2 N–H and O–H groups in total. The van der Waals surface area contributed by atoms with Crippen molar-refractivity contribution in [3.8, 4) is 11.3 Å². The highest BCUT2D eigenvalue weighted by Crippen LogP contribution is 2.32. The van der Waals surface area contributed by atoms with Crippen molar-refractivity contribution in [1.29, 1.82) is 0 Å². The Morgan fingerprint density at radius 1 is 1.00 bits per heavy atom. The molecule has 4 nitrogen and oxygen atoms in total. The highest BCUT2D eigenvalue weighted by atomic mass is 15.3. The van der Waals surface area contributed by atoms with Crippen molar-refractivity contribution in [2.24, 2.45) is 0 Å². The summed E-state index contributed by atoms with van der Waals surface area (Å²) >= 11 is 0. The molecule has 3 aromatic rings. The fraction of sp³-hybridized carbons (Fsp3) is 0.250. The summed E-state index contributed by atoms with van der Waals surface area (Å²) in [5.41, 5.74) is 10.5. The Balaban J connectivity index is 1.54. The maximum absolute atomic E-state index is 6.20. The van der Waals surface area contributed by atoms with Crippen LogP contribution in [0, 0.1) is 0 Å².